The van der Waals surface area contributed by atoms with Crippen LogP contribution in [0.1, 0.15) is 31.0 Å². The lowest BCUT2D eigenvalue weighted by Crippen LogP contribution is -2.52. The van der Waals surface area contributed by atoms with Crippen LogP contribution in [0.15, 0.2) is 72.2 Å². The third kappa shape index (κ3) is 4.81. The summed E-state index contributed by atoms with van der Waals surface area (Å²) in [6.07, 6.45) is 1.47. The van der Waals surface area contributed by atoms with Gasteiger partial charge in [0.15, 0.2) is 0 Å². The first-order chi connectivity index (χ1) is 18.0. The molecule has 5 rings (SSSR count). The molecule has 1 atom stereocenters. The molecule has 3 heterocycles. The van der Waals surface area contributed by atoms with Gasteiger partial charge in [0.25, 0.3) is 0 Å². The van der Waals surface area contributed by atoms with Crippen molar-refractivity contribution >= 4 is 23.5 Å². The largest absolute Gasteiger partial charge is 0.463 e. The summed E-state index contributed by atoms with van der Waals surface area (Å²) in [6, 6.07) is 17.8. The predicted octanol–water partition coefficient (Wildman–Crippen LogP) is 3.18. The van der Waals surface area contributed by atoms with Gasteiger partial charge in [-0.3, -0.25) is 4.79 Å². The van der Waals surface area contributed by atoms with Crippen LogP contribution in [0.3, 0.4) is 0 Å². The zero-order valence-corrected chi connectivity index (χ0v) is 21.5. The standard InChI is InChI=1S/C28H32N6O3/c1-4-37-27(36)25-21(3)33(28-29-19-30-34(28)26(25)22-12-10-20(2)11-13-22)18-24(35)32-16-14-31(15-17-32)23-8-6-5-7-9-23/h5-13,19,26H,4,14-18H2,1-3H3. The van der Waals surface area contributed by atoms with Crippen molar-refractivity contribution in [3.8, 4) is 0 Å². The molecule has 1 saturated heterocycles. The number of hydrogen-bond donors (Lipinski definition) is 0. The average Bonchev–Trinajstić information content (AvgIpc) is 3.41. The van der Waals surface area contributed by atoms with Crippen LogP contribution < -0.4 is 9.80 Å². The van der Waals surface area contributed by atoms with Crippen LogP contribution in [0, 0.1) is 6.92 Å². The average molecular weight is 501 g/mol. The van der Waals surface area contributed by atoms with Crippen molar-refractivity contribution in [3.63, 3.8) is 0 Å². The molecular weight excluding hydrogens is 468 g/mol. The Morgan fingerprint density at radius 3 is 2.35 bits per heavy atom. The molecular formula is C28H32N6O3. The Morgan fingerprint density at radius 1 is 0.973 bits per heavy atom. The second-order valence-corrected chi connectivity index (χ2v) is 9.33. The van der Waals surface area contributed by atoms with E-state index in [0.29, 0.717) is 30.3 Å². The maximum absolute atomic E-state index is 13.4. The molecule has 0 radical (unpaired) electrons. The van der Waals surface area contributed by atoms with Crippen molar-refractivity contribution in [3.05, 3.63) is 83.3 Å². The van der Waals surface area contributed by atoms with Crippen molar-refractivity contribution < 1.29 is 14.3 Å². The van der Waals surface area contributed by atoms with Gasteiger partial charge in [-0.05, 0) is 38.5 Å². The molecule has 9 heteroatoms. The zero-order chi connectivity index (χ0) is 25.9. The summed E-state index contributed by atoms with van der Waals surface area (Å²) in [6.45, 7) is 8.79. The van der Waals surface area contributed by atoms with Crippen LogP contribution >= 0.6 is 0 Å². The van der Waals surface area contributed by atoms with Crippen molar-refractivity contribution in [1.82, 2.24) is 19.7 Å². The molecule has 3 aromatic rings. The van der Waals surface area contributed by atoms with E-state index >= 15 is 0 Å². The van der Waals surface area contributed by atoms with Gasteiger partial charge in [-0.25, -0.2) is 9.48 Å². The molecule has 0 saturated carbocycles. The van der Waals surface area contributed by atoms with E-state index in [0.717, 1.165) is 24.2 Å². The number of carbonyl (C=O) groups is 2. The number of ether oxygens (including phenoxy) is 1. The maximum atomic E-state index is 13.4. The summed E-state index contributed by atoms with van der Waals surface area (Å²) in [4.78, 5) is 37.1. The minimum Gasteiger partial charge on any atom is -0.463 e. The summed E-state index contributed by atoms with van der Waals surface area (Å²) >= 11 is 0. The SMILES string of the molecule is CCOC(=O)C1=C(C)N(CC(=O)N2CCN(c3ccccc3)CC2)c2ncnn2C1c1ccc(C)cc1. The highest BCUT2D eigenvalue weighted by atomic mass is 16.5. The number of hydrogen-bond acceptors (Lipinski definition) is 7. The van der Waals surface area contributed by atoms with Gasteiger partial charge in [0.05, 0.1) is 12.2 Å². The van der Waals surface area contributed by atoms with Crippen molar-refractivity contribution in [2.75, 3.05) is 49.1 Å². The fourth-order valence-electron chi connectivity index (χ4n) is 5.04. The number of amides is 1. The van der Waals surface area contributed by atoms with Crippen LogP contribution in [0.5, 0.6) is 0 Å². The molecule has 1 amide bonds. The number of para-hydroxylation sites is 1. The van der Waals surface area contributed by atoms with Crippen molar-refractivity contribution in [2.24, 2.45) is 0 Å². The van der Waals surface area contributed by atoms with Gasteiger partial charge in [0.1, 0.15) is 18.9 Å². The number of allylic oxidation sites excluding steroid dienone is 1. The number of piperazine rings is 1. The second kappa shape index (κ2) is 10.5. The third-order valence-electron chi connectivity index (χ3n) is 7.04. The molecule has 1 unspecified atom stereocenters. The molecule has 2 aliphatic heterocycles. The smallest absolute Gasteiger partial charge is 0.338 e. The second-order valence-electron chi connectivity index (χ2n) is 9.33. The highest BCUT2D eigenvalue weighted by Crippen LogP contribution is 2.38. The van der Waals surface area contributed by atoms with Gasteiger partial charge >= 0.3 is 5.97 Å². The van der Waals surface area contributed by atoms with E-state index in [2.05, 4.69) is 27.1 Å². The molecule has 0 aliphatic carbocycles. The van der Waals surface area contributed by atoms with Gasteiger partial charge in [-0.1, -0.05) is 48.0 Å². The minimum atomic E-state index is -0.488. The van der Waals surface area contributed by atoms with Crippen molar-refractivity contribution in [2.45, 2.75) is 26.8 Å². The fraction of sp³-hybridized carbons (Fsp3) is 0.357. The number of esters is 1. The zero-order valence-electron chi connectivity index (χ0n) is 21.5. The van der Waals surface area contributed by atoms with E-state index in [-0.39, 0.29) is 19.1 Å². The number of benzene rings is 2. The van der Waals surface area contributed by atoms with Crippen molar-refractivity contribution in [1.29, 1.82) is 0 Å². The highest BCUT2D eigenvalue weighted by molar-refractivity contribution is 5.93. The molecule has 1 aromatic heterocycles. The molecule has 192 valence electrons. The Morgan fingerprint density at radius 2 is 1.68 bits per heavy atom. The van der Waals surface area contributed by atoms with Crippen LogP contribution in [0.4, 0.5) is 11.6 Å². The van der Waals surface area contributed by atoms with Crippen LogP contribution in [-0.4, -0.2) is 70.9 Å². The van der Waals surface area contributed by atoms with E-state index in [1.807, 2.05) is 61.2 Å². The first-order valence-corrected chi connectivity index (χ1v) is 12.7. The summed E-state index contributed by atoms with van der Waals surface area (Å²) in [5.74, 6) is 0.103. The molecule has 9 nitrogen and oxygen atoms in total. The van der Waals surface area contributed by atoms with E-state index in [1.54, 1.807) is 16.5 Å². The number of anilines is 2. The van der Waals surface area contributed by atoms with Gasteiger partial charge in [0.2, 0.25) is 11.9 Å². The van der Waals surface area contributed by atoms with Gasteiger partial charge < -0.3 is 19.4 Å². The monoisotopic (exact) mass is 500 g/mol. The topological polar surface area (TPSA) is 83.8 Å². The molecule has 0 bridgehead atoms. The fourth-order valence-corrected chi connectivity index (χ4v) is 5.04. The van der Waals surface area contributed by atoms with Crippen LogP contribution in [0.2, 0.25) is 0 Å². The lowest BCUT2D eigenvalue weighted by atomic mass is 9.94. The Labute approximate surface area is 216 Å². The first kappa shape index (κ1) is 24.5. The predicted molar refractivity (Wildman–Crippen MR) is 141 cm³/mol. The molecule has 0 spiro atoms. The number of carbonyl (C=O) groups excluding carboxylic acids is 2. The minimum absolute atomic E-state index is 0.0152. The normalized spacial score (nSPS) is 17.6. The Bertz CT molecular complexity index is 1290. The third-order valence-corrected chi connectivity index (χ3v) is 7.04. The lowest BCUT2D eigenvalue weighted by molar-refractivity contribution is -0.139. The summed E-state index contributed by atoms with van der Waals surface area (Å²) < 4.78 is 7.17. The quantitative estimate of drug-likeness (QED) is 0.481. The summed E-state index contributed by atoms with van der Waals surface area (Å²) in [7, 11) is 0. The molecule has 37 heavy (non-hydrogen) atoms. The number of nitrogens with zero attached hydrogens (tertiary/aromatic N) is 6. The summed E-state index contributed by atoms with van der Waals surface area (Å²) in [5, 5.41) is 4.47. The van der Waals surface area contributed by atoms with Crippen LogP contribution in [-0.2, 0) is 14.3 Å². The maximum Gasteiger partial charge on any atom is 0.338 e. The van der Waals surface area contributed by atoms with E-state index < -0.39 is 12.0 Å². The first-order valence-electron chi connectivity index (χ1n) is 12.7. The molecule has 1 fully saturated rings. The highest BCUT2D eigenvalue weighted by Gasteiger charge is 2.39. The van der Waals surface area contributed by atoms with Gasteiger partial charge in [-0.15, -0.1) is 0 Å². The molecule has 2 aromatic carbocycles. The molecule has 2 aliphatic rings. The van der Waals surface area contributed by atoms with E-state index in [4.69, 9.17) is 4.74 Å². The summed E-state index contributed by atoms with van der Waals surface area (Å²) in [5.41, 5.74) is 4.31. The van der Waals surface area contributed by atoms with E-state index in [9.17, 15) is 9.59 Å². The van der Waals surface area contributed by atoms with Gasteiger partial charge in [-0.2, -0.15) is 10.1 Å². The number of aromatic nitrogens is 3. The van der Waals surface area contributed by atoms with E-state index in [1.165, 1.54) is 12.0 Å². The number of fused-ring (bicyclic) bond motifs is 1. The molecule has 0 N–H and O–H groups in total. The lowest BCUT2D eigenvalue weighted by Gasteiger charge is -2.39. The number of rotatable bonds is 6. The Hall–Kier alpha value is -4.14. The van der Waals surface area contributed by atoms with Crippen LogP contribution in [0.25, 0.3) is 0 Å². The number of aryl methyl sites for hydroxylation is 1. The Kier molecular flexibility index (Phi) is 6.94. The Balaban J connectivity index is 1.40. The van der Waals surface area contributed by atoms with Gasteiger partial charge in [0, 0.05) is 37.6 Å².